The largest absolute Gasteiger partial charge is 0.394 e. The summed E-state index contributed by atoms with van der Waals surface area (Å²) in [7, 11) is 0. The fourth-order valence-electron chi connectivity index (χ4n) is 2.28. The van der Waals surface area contributed by atoms with Crippen LogP contribution in [0.5, 0.6) is 0 Å². The third-order valence-electron chi connectivity index (χ3n) is 3.37. The summed E-state index contributed by atoms with van der Waals surface area (Å²) in [6, 6.07) is 5.78. The Kier molecular flexibility index (Phi) is 5.74. The maximum Gasteiger partial charge on any atom is 0.146 e. The van der Waals surface area contributed by atoms with E-state index in [9.17, 15) is 0 Å². The quantitative estimate of drug-likeness (QED) is 0.742. The van der Waals surface area contributed by atoms with E-state index in [4.69, 9.17) is 15.1 Å². The van der Waals surface area contributed by atoms with Crippen LogP contribution in [0.25, 0.3) is 0 Å². The molecule has 0 bridgehead atoms. The Morgan fingerprint density at radius 2 is 2.10 bits per heavy atom. The van der Waals surface area contributed by atoms with Gasteiger partial charge in [0.1, 0.15) is 11.9 Å². The lowest BCUT2D eigenvalue weighted by Gasteiger charge is -2.35. The molecule has 1 aromatic rings. The van der Waals surface area contributed by atoms with Crippen molar-refractivity contribution in [3.8, 4) is 6.07 Å². The topological polar surface area (TPSA) is 72.6 Å². The van der Waals surface area contributed by atoms with Crippen molar-refractivity contribution < 1.29 is 9.84 Å². The number of aliphatic hydroxyl groups is 1. The molecule has 0 unspecified atom stereocenters. The molecule has 1 aromatic heterocycles. The normalized spacial score (nSPS) is 16.1. The minimum atomic E-state index is 0.0738. The number of nitrogens with zero attached hydrogens (tertiary/aromatic N) is 4. The zero-order valence-corrected chi connectivity index (χ0v) is 11.5. The van der Waals surface area contributed by atoms with Crippen LogP contribution in [0.4, 0.5) is 5.82 Å². The highest BCUT2D eigenvalue weighted by Gasteiger charge is 2.19. The number of aliphatic hydroxyl groups excluding tert-OH is 1. The molecule has 6 nitrogen and oxygen atoms in total. The molecule has 0 aliphatic carbocycles. The third-order valence-corrected chi connectivity index (χ3v) is 3.37. The highest BCUT2D eigenvalue weighted by molar-refractivity contribution is 5.53. The first kappa shape index (κ1) is 14.7. The van der Waals surface area contributed by atoms with Gasteiger partial charge >= 0.3 is 0 Å². The van der Waals surface area contributed by atoms with E-state index in [1.807, 2.05) is 0 Å². The fourth-order valence-corrected chi connectivity index (χ4v) is 2.28. The summed E-state index contributed by atoms with van der Waals surface area (Å²) in [5.41, 5.74) is 0.632. The van der Waals surface area contributed by atoms with Crippen LogP contribution in [0.15, 0.2) is 18.3 Å². The molecule has 6 heteroatoms. The summed E-state index contributed by atoms with van der Waals surface area (Å²) in [6.45, 7) is 5.60. The Bertz CT molecular complexity index is 453. The molecular weight excluding hydrogens is 256 g/mol. The van der Waals surface area contributed by atoms with Gasteiger partial charge in [-0.2, -0.15) is 5.26 Å². The van der Waals surface area contributed by atoms with Gasteiger partial charge < -0.3 is 14.7 Å². The molecule has 20 heavy (non-hydrogen) atoms. The smallest absolute Gasteiger partial charge is 0.146 e. The molecule has 1 N–H and O–H groups in total. The number of nitriles is 1. The second-order valence-electron chi connectivity index (χ2n) is 4.65. The number of hydrogen-bond donors (Lipinski definition) is 1. The van der Waals surface area contributed by atoms with E-state index in [0.29, 0.717) is 18.8 Å². The van der Waals surface area contributed by atoms with Crippen molar-refractivity contribution in [3.05, 3.63) is 23.9 Å². The molecule has 0 aromatic carbocycles. The van der Waals surface area contributed by atoms with Crippen molar-refractivity contribution in [2.45, 2.75) is 0 Å². The predicted octanol–water partition coefficient (Wildman–Crippen LogP) is 0.0842. The number of anilines is 1. The maximum absolute atomic E-state index is 9.10. The van der Waals surface area contributed by atoms with Crippen LogP contribution in [-0.2, 0) is 4.74 Å². The van der Waals surface area contributed by atoms with Crippen molar-refractivity contribution in [1.82, 2.24) is 9.88 Å². The summed E-state index contributed by atoms with van der Waals surface area (Å²) >= 11 is 0. The van der Waals surface area contributed by atoms with Crippen LogP contribution in [0, 0.1) is 11.3 Å². The van der Waals surface area contributed by atoms with E-state index < -0.39 is 0 Å². The molecule has 1 aliphatic rings. The van der Waals surface area contributed by atoms with E-state index >= 15 is 0 Å². The van der Waals surface area contributed by atoms with Crippen molar-refractivity contribution in [3.63, 3.8) is 0 Å². The monoisotopic (exact) mass is 276 g/mol. The summed E-state index contributed by atoms with van der Waals surface area (Å²) in [4.78, 5) is 8.80. The van der Waals surface area contributed by atoms with Crippen molar-refractivity contribution in [2.24, 2.45) is 0 Å². The average molecular weight is 276 g/mol. The Morgan fingerprint density at radius 3 is 2.80 bits per heavy atom. The predicted molar refractivity (Wildman–Crippen MR) is 75.5 cm³/mol. The van der Waals surface area contributed by atoms with E-state index in [-0.39, 0.29) is 6.61 Å². The highest BCUT2D eigenvalue weighted by atomic mass is 16.5. The highest BCUT2D eigenvalue weighted by Crippen LogP contribution is 2.17. The summed E-state index contributed by atoms with van der Waals surface area (Å²) in [5.74, 6) is 0.784. The minimum absolute atomic E-state index is 0.0738. The Morgan fingerprint density at radius 1 is 1.30 bits per heavy atom. The van der Waals surface area contributed by atoms with Crippen LogP contribution in [-0.4, -0.2) is 67.5 Å². The molecule has 0 amide bonds. The maximum atomic E-state index is 9.10. The standard InChI is InChI=1S/C14H20N4O2/c15-12-13-2-1-3-16-14(13)18-6-4-17(5-7-18)8-10-20-11-9-19/h1-3,19H,4-11H2. The van der Waals surface area contributed by atoms with Crippen LogP contribution >= 0.6 is 0 Å². The molecular formula is C14H20N4O2. The van der Waals surface area contributed by atoms with Gasteiger partial charge in [-0.3, -0.25) is 4.90 Å². The Hall–Kier alpha value is -1.68. The molecule has 1 aliphatic heterocycles. The van der Waals surface area contributed by atoms with E-state index in [1.165, 1.54) is 0 Å². The zero-order valence-electron chi connectivity index (χ0n) is 11.5. The van der Waals surface area contributed by atoms with Crippen LogP contribution in [0.1, 0.15) is 5.56 Å². The minimum Gasteiger partial charge on any atom is -0.394 e. The van der Waals surface area contributed by atoms with Gasteiger partial charge in [0.05, 0.1) is 25.4 Å². The number of ether oxygens (including phenoxy) is 1. The van der Waals surface area contributed by atoms with Gasteiger partial charge in [-0.15, -0.1) is 0 Å². The van der Waals surface area contributed by atoms with Gasteiger partial charge in [-0.05, 0) is 12.1 Å². The molecule has 0 atom stereocenters. The lowest BCUT2D eigenvalue weighted by Crippen LogP contribution is -2.47. The van der Waals surface area contributed by atoms with Crippen molar-refractivity contribution in [1.29, 1.82) is 5.26 Å². The lowest BCUT2D eigenvalue weighted by molar-refractivity contribution is 0.0724. The summed E-state index contributed by atoms with van der Waals surface area (Å²) in [5, 5.41) is 17.7. The number of aromatic nitrogens is 1. The molecule has 1 fully saturated rings. The fraction of sp³-hybridized carbons (Fsp3) is 0.571. The number of pyridine rings is 1. The number of hydrogen-bond acceptors (Lipinski definition) is 6. The summed E-state index contributed by atoms with van der Waals surface area (Å²) < 4.78 is 5.27. The average Bonchev–Trinajstić information content (AvgIpc) is 2.52. The molecule has 108 valence electrons. The first-order valence-corrected chi connectivity index (χ1v) is 6.86. The van der Waals surface area contributed by atoms with E-state index in [0.717, 1.165) is 38.5 Å². The second kappa shape index (κ2) is 7.80. The van der Waals surface area contributed by atoms with Crippen LogP contribution in [0.3, 0.4) is 0 Å². The first-order chi connectivity index (χ1) is 9.85. The molecule has 1 saturated heterocycles. The SMILES string of the molecule is N#Cc1cccnc1N1CCN(CCOCCO)CC1. The number of piperazine rings is 1. The molecule has 0 saturated carbocycles. The van der Waals surface area contributed by atoms with Gasteiger partial charge in [0, 0.05) is 38.9 Å². The first-order valence-electron chi connectivity index (χ1n) is 6.86. The van der Waals surface area contributed by atoms with E-state index in [1.54, 1.807) is 18.3 Å². The Balaban J connectivity index is 1.81. The molecule has 2 heterocycles. The van der Waals surface area contributed by atoms with Gasteiger partial charge in [0.2, 0.25) is 0 Å². The molecule has 0 spiro atoms. The molecule has 0 radical (unpaired) electrons. The van der Waals surface area contributed by atoms with Crippen molar-refractivity contribution >= 4 is 5.82 Å². The van der Waals surface area contributed by atoms with E-state index in [2.05, 4.69) is 20.9 Å². The van der Waals surface area contributed by atoms with Crippen LogP contribution < -0.4 is 4.90 Å². The summed E-state index contributed by atoms with van der Waals surface area (Å²) in [6.07, 6.45) is 1.73. The third kappa shape index (κ3) is 3.90. The zero-order chi connectivity index (χ0) is 14.2. The lowest BCUT2D eigenvalue weighted by atomic mass is 10.2. The van der Waals surface area contributed by atoms with Gasteiger partial charge in [0.25, 0.3) is 0 Å². The van der Waals surface area contributed by atoms with Gasteiger partial charge in [-0.1, -0.05) is 0 Å². The van der Waals surface area contributed by atoms with Gasteiger partial charge in [-0.25, -0.2) is 4.98 Å². The van der Waals surface area contributed by atoms with Gasteiger partial charge in [0.15, 0.2) is 0 Å². The van der Waals surface area contributed by atoms with Crippen LogP contribution in [0.2, 0.25) is 0 Å². The Labute approximate surface area is 119 Å². The number of rotatable bonds is 6. The second-order valence-corrected chi connectivity index (χ2v) is 4.65. The molecule has 2 rings (SSSR count). The van der Waals surface area contributed by atoms with Crippen molar-refractivity contribution in [2.75, 3.05) is 57.4 Å².